The van der Waals surface area contributed by atoms with Crippen LogP contribution in [0.3, 0.4) is 0 Å². The number of rotatable bonds is 5. The zero-order valence-electron chi connectivity index (χ0n) is 11.7. The van der Waals surface area contributed by atoms with Crippen LogP contribution in [-0.2, 0) is 6.42 Å². The molecule has 0 radical (unpaired) electrons. The van der Waals surface area contributed by atoms with Crippen molar-refractivity contribution in [1.29, 1.82) is 0 Å². The van der Waals surface area contributed by atoms with Crippen molar-refractivity contribution in [3.63, 3.8) is 0 Å². The number of hydrogen-bond acceptors (Lipinski definition) is 2. The number of carbonyl (C=O) groups is 1. The Morgan fingerprint density at radius 3 is 2.57 bits per heavy atom. The molecule has 0 bridgehead atoms. The fourth-order valence-corrected chi connectivity index (χ4v) is 1.96. The summed E-state index contributed by atoms with van der Waals surface area (Å²) in [4.78, 5) is 11.8. The number of nitrogens with one attached hydrogen (secondary N) is 2. The number of aryl methyl sites for hydroxylation is 1. The van der Waals surface area contributed by atoms with Crippen LogP contribution in [0.5, 0.6) is 5.75 Å². The molecule has 0 saturated heterocycles. The van der Waals surface area contributed by atoms with Crippen LogP contribution in [0.2, 0.25) is 5.02 Å². The van der Waals surface area contributed by atoms with Crippen molar-refractivity contribution in [2.45, 2.75) is 13.3 Å². The van der Waals surface area contributed by atoms with E-state index in [-0.39, 0.29) is 12.8 Å². The molecule has 0 aliphatic rings. The average Bonchev–Trinajstić information content (AvgIpc) is 2.50. The van der Waals surface area contributed by atoms with Gasteiger partial charge < -0.3 is 15.4 Å². The van der Waals surface area contributed by atoms with Gasteiger partial charge >= 0.3 is 6.03 Å². The van der Waals surface area contributed by atoms with Gasteiger partial charge in [0.25, 0.3) is 0 Å². The normalized spacial score (nSPS) is 10.0. The molecule has 0 heterocycles. The van der Waals surface area contributed by atoms with E-state index in [1.54, 1.807) is 24.3 Å². The van der Waals surface area contributed by atoms with E-state index in [2.05, 4.69) is 10.6 Å². The van der Waals surface area contributed by atoms with E-state index in [1.807, 2.05) is 31.2 Å². The molecule has 0 unspecified atom stereocenters. The first-order valence-electron chi connectivity index (χ1n) is 6.70. The van der Waals surface area contributed by atoms with Gasteiger partial charge in [0.05, 0.1) is 0 Å². The summed E-state index contributed by atoms with van der Waals surface area (Å²) < 4.78 is 5.40. The molecule has 2 aromatic carbocycles. The van der Waals surface area contributed by atoms with E-state index in [9.17, 15) is 4.79 Å². The lowest BCUT2D eigenvalue weighted by atomic mass is 10.1. The molecular formula is C16H17ClN2O2. The summed E-state index contributed by atoms with van der Waals surface area (Å²) in [6.45, 7) is 2.13. The maximum atomic E-state index is 11.8. The number of halogens is 1. The topological polar surface area (TPSA) is 50.4 Å². The van der Waals surface area contributed by atoms with Gasteiger partial charge in [-0.15, -0.1) is 0 Å². The quantitative estimate of drug-likeness (QED) is 0.818. The fraction of sp³-hybridized carbons (Fsp3) is 0.188. The summed E-state index contributed by atoms with van der Waals surface area (Å²) >= 11 is 5.78. The number of amides is 2. The SMILES string of the molecule is CCc1ccccc1NC(=O)NCOc1ccc(Cl)cc1. The second-order valence-electron chi connectivity index (χ2n) is 4.38. The van der Waals surface area contributed by atoms with Gasteiger partial charge in [-0.25, -0.2) is 4.79 Å². The first-order valence-corrected chi connectivity index (χ1v) is 7.08. The maximum Gasteiger partial charge on any atom is 0.321 e. The number of anilines is 1. The van der Waals surface area contributed by atoms with Gasteiger partial charge in [-0.1, -0.05) is 36.7 Å². The summed E-state index contributed by atoms with van der Waals surface area (Å²) in [7, 11) is 0. The van der Waals surface area contributed by atoms with Gasteiger partial charge in [0.1, 0.15) is 5.75 Å². The van der Waals surface area contributed by atoms with Gasteiger partial charge in [-0.2, -0.15) is 0 Å². The molecule has 0 spiro atoms. The highest BCUT2D eigenvalue weighted by molar-refractivity contribution is 6.30. The lowest BCUT2D eigenvalue weighted by molar-refractivity contribution is 0.234. The third-order valence-electron chi connectivity index (χ3n) is 2.93. The minimum Gasteiger partial charge on any atom is -0.473 e. The molecule has 0 aromatic heterocycles. The molecule has 0 aliphatic carbocycles. The van der Waals surface area contributed by atoms with Crippen LogP contribution in [0.25, 0.3) is 0 Å². The van der Waals surface area contributed by atoms with Gasteiger partial charge in [-0.3, -0.25) is 0 Å². The van der Waals surface area contributed by atoms with E-state index in [0.717, 1.165) is 17.7 Å². The van der Waals surface area contributed by atoms with Gasteiger partial charge in [-0.05, 0) is 42.3 Å². The summed E-state index contributed by atoms with van der Waals surface area (Å²) in [5, 5.41) is 6.09. The van der Waals surface area contributed by atoms with Crippen LogP contribution < -0.4 is 15.4 Å². The summed E-state index contributed by atoms with van der Waals surface area (Å²) in [6, 6.07) is 14.3. The summed E-state index contributed by atoms with van der Waals surface area (Å²) in [5.74, 6) is 0.647. The predicted octanol–water partition coefficient (Wildman–Crippen LogP) is 4.06. The van der Waals surface area contributed by atoms with Crippen molar-refractivity contribution in [3.05, 3.63) is 59.1 Å². The van der Waals surface area contributed by atoms with Crippen LogP contribution in [0.1, 0.15) is 12.5 Å². The van der Waals surface area contributed by atoms with E-state index in [1.165, 1.54) is 0 Å². The van der Waals surface area contributed by atoms with E-state index in [0.29, 0.717) is 10.8 Å². The third-order valence-corrected chi connectivity index (χ3v) is 3.18. The number of ether oxygens (including phenoxy) is 1. The van der Waals surface area contributed by atoms with Crippen LogP contribution in [0.15, 0.2) is 48.5 Å². The molecule has 0 atom stereocenters. The van der Waals surface area contributed by atoms with E-state index in [4.69, 9.17) is 16.3 Å². The van der Waals surface area contributed by atoms with Crippen LogP contribution in [0, 0.1) is 0 Å². The minimum atomic E-state index is -0.301. The Morgan fingerprint density at radius 2 is 1.86 bits per heavy atom. The minimum absolute atomic E-state index is 0.0851. The van der Waals surface area contributed by atoms with Gasteiger partial charge in [0.15, 0.2) is 6.73 Å². The fourth-order valence-electron chi connectivity index (χ4n) is 1.83. The molecule has 2 aromatic rings. The van der Waals surface area contributed by atoms with E-state index >= 15 is 0 Å². The summed E-state index contributed by atoms with van der Waals surface area (Å²) in [5.41, 5.74) is 1.90. The molecule has 5 heteroatoms. The number of benzene rings is 2. The maximum absolute atomic E-state index is 11.8. The first-order chi connectivity index (χ1) is 10.2. The Kier molecular flexibility index (Phi) is 5.46. The highest BCUT2D eigenvalue weighted by atomic mass is 35.5. The molecule has 0 aliphatic heterocycles. The Balaban J connectivity index is 1.81. The molecule has 0 fully saturated rings. The van der Waals surface area contributed by atoms with Crippen LogP contribution in [-0.4, -0.2) is 12.8 Å². The Labute approximate surface area is 129 Å². The standard InChI is InChI=1S/C16H17ClN2O2/c1-2-12-5-3-4-6-15(12)19-16(20)18-11-21-14-9-7-13(17)8-10-14/h3-10H,2,11H2,1H3,(H2,18,19,20). The molecule has 2 N–H and O–H groups in total. The van der Waals surface area contributed by atoms with Crippen molar-refractivity contribution >= 4 is 23.3 Å². The number of carbonyl (C=O) groups excluding carboxylic acids is 1. The Bertz CT molecular complexity index is 599. The van der Waals surface area contributed by atoms with Gasteiger partial charge in [0.2, 0.25) is 0 Å². The van der Waals surface area contributed by atoms with Crippen molar-refractivity contribution in [2.75, 3.05) is 12.0 Å². The summed E-state index contributed by atoms with van der Waals surface area (Å²) in [6.07, 6.45) is 0.859. The Hall–Kier alpha value is -2.20. The number of urea groups is 1. The average molecular weight is 305 g/mol. The smallest absolute Gasteiger partial charge is 0.321 e. The molecule has 0 saturated carbocycles. The number of para-hydroxylation sites is 1. The highest BCUT2D eigenvalue weighted by Crippen LogP contribution is 2.16. The molecule has 2 amide bonds. The predicted molar refractivity (Wildman–Crippen MR) is 84.9 cm³/mol. The molecular weight excluding hydrogens is 288 g/mol. The monoisotopic (exact) mass is 304 g/mol. The van der Waals surface area contributed by atoms with Crippen LogP contribution in [0.4, 0.5) is 10.5 Å². The molecule has 110 valence electrons. The van der Waals surface area contributed by atoms with E-state index < -0.39 is 0 Å². The van der Waals surface area contributed by atoms with Crippen molar-refractivity contribution < 1.29 is 9.53 Å². The van der Waals surface area contributed by atoms with Crippen molar-refractivity contribution in [2.24, 2.45) is 0 Å². The van der Waals surface area contributed by atoms with Crippen molar-refractivity contribution in [1.82, 2.24) is 5.32 Å². The molecule has 4 nitrogen and oxygen atoms in total. The first kappa shape index (κ1) is 15.2. The zero-order valence-corrected chi connectivity index (χ0v) is 12.5. The largest absolute Gasteiger partial charge is 0.473 e. The van der Waals surface area contributed by atoms with Gasteiger partial charge in [0, 0.05) is 10.7 Å². The second kappa shape index (κ2) is 7.55. The second-order valence-corrected chi connectivity index (χ2v) is 4.82. The molecule has 2 rings (SSSR count). The van der Waals surface area contributed by atoms with Crippen LogP contribution >= 0.6 is 11.6 Å². The lowest BCUT2D eigenvalue weighted by Gasteiger charge is -2.11. The third kappa shape index (κ3) is 4.68. The van der Waals surface area contributed by atoms with Crippen molar-refractivity contribution in [3.8, 4) is 5.75 Å². The number of hydrogen-bond donors (Lipinski definition) is 2. The molecule has 21 heavy (non-hydrogen) atoms. The zero-order chi connectivity index (χ0) is 15.1. The lowest BCUT2D eigenvalue weighted by Crippen LogP contribution is -2.32. The highest BCUT2D eigenvalue weighted by Gasteiger charge is 2.04. The Morgan fingerprint density at radius 1 is 1.14 bits per heavy atom.